The second kappa shape index (κ2) is 4.14. The summed E-state index contributed by atoms with van der Waals surface area (Å²) in [6.07, 6.45) is -1.07. The van der Waals surface area contributed by atoms with E-state index in [0.717, 1.165) is 11.1 Å². The van der Waals surface area contributed by atoms with Gasteiger partial charge in [-0.05, 0) is 24.1 Å². The van der Waals surface area contributed by atoms with Crippen LogP contribution in [-0.2, 0) is 5.88 Å². The number of carbonyl (C=O) groups is 1. The third kappa shape index (κ3) is 2.63. The Kier molecular flexibility index (Phi) is 3.14. The van der Waals surface area contributed by atoms with E-state index < -0.39 is 6.09 Å². The van der Waals surface area contributed by atoms with E-state index in [1.807, 2.05) is 19.1 Å². The van der Waals surface area contributed by atoms with Gasteiger partial charge < -0.3 is 5.11 Å². The maximum Gasteiger partial charge on any atom is 0.409 e. The monoisotopic (exact) mass is 199 g/mol. The standard InChI is InChI=1S/C9H10ClNO2/c1-6-2-3-7(5-10)8(4-6)11-9(12)13/h2-4,11H,5H2,1H3,(H,12,13). The fraction of sp³-hybridized carbons (Fsp3) is 0.222. The summed E-state index contributed by atoms with van der Waals surface area (Å²) >= 11 is 5.63. The van der Waals surface area contributed by atoms with Crippen molar-refractivity contribution in [3.8, 4) is 0 Å². The van der Waals surface area contributed by atoms with Crippen LogP contribution in [-0.4, -0.2) is 11.2 Å². The molecule has 0 saturated carbocycles. The highest BCUT2D eigenvalue weighted by Crippen LogP contribution is 2.19. The Balaban J connectivity index is 3.01. The van der Waals surface area contributed by atoms with Gasteiger partial charge in [0.15, 0.2) is 0 Å². The van der Waals surface area contributed by atoms with Gasteiger partial charge in [0, 0.05) is 11.6 Å². The largest absolute Gasteiger partial charge is 0.465 e. The molecule has 3 nitrogen and oxygen atoms in total. The zero-order valence-corrected chi connectivity index (χ0v) is 7.93. The van der Waals surface area contributed by atoms with E-state index in [1.54, 1.807) is 6.07 Å². The molecule has 0 fully saturated rings. The van der Waals surface area contributed by atoms with E-state index in [9.17, 15) is 4.79 Å². The van der Waals surface area contributed by atoms with Crippen LogP contribution in [0, 0.1) is 6.92 Å². The molecule has 0 bridgehead atoms. The lowest BCUT2D eigenvalue weighted by Gasteiger charge is -2.07. The van der Waals surface area contributed by atoms with Crippen molar-refractivity contribution in [1.82, 2.24) is 0 Å². The molecule has 2 N–H and O–H groups in total. The van der Waals surface area contributed by atoms with E-state index in [1.165, 1.54) is 0 Å². The first kappa shape index (κ1) is 9.86. The molecular weight excluding hydrogens is 190 g/mol. The molecule has 1 amide bonds. The van der Waals surface area contributed by atoms with Crippen LogP contribution in [0.1, 0.15) is 11.1 Å². The van der Waals surface area contributed by atoms with Crippen molar-refractivity contribution in [3.05, 3.63) is 29.3 Å². The molecular formula is C9H10ClNO2. The maximum atomic E-state index is 10.4. The summed E-state index contributed by atoms with van der Waals surface area (Å²) in [4.78, 5) is 10.4. The Morgan fingerprint density at radius 3 is 2.85 bits per heavy atom. The Hall–Kier alpha value is -1.22. The second-order valence-corrected chi connectivity index (χ2v) is 2.99. The number of rotatable bonds is 2. The first-order valence-electron chi connectivity index (χ1n) is 3.79. The predicted octanol–water partition coefficient (Wildman–Crippen LogP) is 2.82. The van der Waals surface area contributed by atoms with Crippen LogP contribution < -0.4 is 5.32 Å². The normalized spacial score (nSPS) is 9.69. The quantitative estimate of drug-likeness (QED) is 0.720. The van der Waals surface area contributed by atoms with Crippen molar-refractivity contribution >= 4 is 23.4 Å². The van der Waals surface area contributed by atoms with Crippen LogP contribution in [0.5, 0.6) is 0 Å². The van der Waals surface area contributed by atoms with Gasteiger partial charge in [-0.15, -0.1) is 11.6 Å². The van der Waals surface area contributed by atoms with Crippen molar-refractivity contribution in [2.75, 3.05) is 5.32 Å². The molecule has 0 saturated heterocycles. The minimum absolute atomic E-state index is 0.301. The molecule has 0 atom stereocenters. The molecule has 4 heteroatoms. The fourth-order valence-corrected chi connectivity index (χ4v) is 1.27. The zero-order chi connectivity index (χ0) is 9.84. The molecule has 0 aliphatic carbocycles. The Morgan fingerprint density at radius 2 is 2.31 bits per heavy atom. The molecule has 0 spiro atoms. The number of hydrogen-bond acceptors (Lipinski definition) is 1. The third-order valence-corrected chi connectivity index (χ3v) is 1.94. The predicted molar refractivity (Wildman–Crippen MR) is 52.4 cm³/mol. The molecule has 0 unspecified atom stereocenters. The average Bonchev–Trinajstić information content (AvgIpc) is 2.03. The molecule has 1 aromatic carbocycles. The molecule has 0 heterocycles. The van der Waals surface area contributed by atoms with Gasteiger partial charge in [0.05, 0.1) is 0 Å². The van der Waals surface area contributed by atoms with Gasteiger partial charge in [-0.25, -0.2) is 4.79 Å². The summed E-state index contributed by atoms with van der Waals surface area (Å²) in [5, 5.41) is 10.8. The number of hydrogen-bond donors (Lipinski definition) is 2. The lowest BCUT2D eigenvalue weighted by atomic mass is 10.1. The van der Waals surface area contributed by atoms with Crippen LogP contribution in [0.4, 0.5) is 10.5 Å². The smallest absolute Gasteiger partial charge is 0.409 e. The molecule has 0 aliphatic heterocycles. The first-order valence-corrected chi connectivity index (χ1v) is 4.32. The van der Waals surface area contributed by atoms with E-state index in [-0.39, 0.29) is 0 Å². The SMILES string of the molecule is Cc1ccc(CCl)c(NC(=O)O)c1. The Bertz CT molecular complexity index is 325. The van der Waals surface area contributed by atoms with Gasteiger partial charge in [0.2, 0.25) is 0 Å². The molecule has 1 aromatic rings. The van der Waals surface area contributed by atoms with Gasteiger partial charge in [-0.2, -0.15) is 0 Å². The number of amides is 1. The lowest BCUT2D eigenvalue weighted by molar-refractivity contribution is 0.209. The van der Waals surface area contributed by atoms with Gasteiger partial charge in [0.1, 0.15) is 0 Å². The zero-order valence-electron chi connectivity index (χ0n) is 7.17. The number of carboxylic acid groups (broad SMARTS) is 1. The topological polar surface area (TPSA) is 49.3 Å². The van der Waals surface area contributed by atoms with Crippen molar-refractivity contribution in [2.24, 2.45) is 0 Å². The minimum atomic E-state index is -1.07. The molecule has 0 radical (unpaired) electrons. The Labute approximate surface area is 81.3 Å². The van der Waals surface area contributed by atoms with Crippen molar-refractivity contribution in [3.63, 3.8) is 0 Å². The summed E-state index contributed by atoms with van der Waals surface area (Å²) in [5.74, 6) is 0.301. The van der Waals surface area contributed by atoms with Crippen LogP contribution in [0.25, 0.3) is 0 Å². The number of aryl methyl sites for hydroxylation is 1. The van der Waals surface area contributed by atoms with E-state index in [2.05, 4.69) is 5.32 Å². The number of halogens is 1. The van der Waals surface area contributed by atoms with Gasteiger partial charge in [0.25, 0.3) is 0 Å². The number of benzene rings is 1. The summed E-state index contributed by atoms with van der Waals surface area (Å²) < 4.78 is 0. The van der Waals surface area contributed by atoms with Crippen molar-refractivity contribution < 1.29 is 9.90 Å². The summed E-state index contributed by atoms with van der Waals surface area (Å²) in [7, 11) is 0. The average molecular weight is 200 g/mol. The molecule has 0 aliphatic rings. The van der Waals surface area contributed by atoms with Gasteiger partial charge in [-0.3, -0.25) is 5.32 Å². The second-order valence-electron chi connectivity index (χ2n) is 2.72. The van der Waals surface area contributed by atoms with Crippen molar-refractivity contribution in [1.29, 1.82) is 0 Å². The molecule has 1 rings (SSSR count). The lowest BCUT2D eigenvalue weighted by Crippen LogP contribution is -2.09. The number of nitrogens with one attached hydrogen (secondary N) is 1. The maximum absolute atomic E-state index is 10.4. The van der Waals surface area contributed by atoms with Gasteiger partial charge in [-0.1, -0.05) is 12.1 Å². The minimum Gasteiger partial charge on any atom is -0.465 e. The van der Waals surface area contributed by atoms with Crippen LogP contribution in [0.3, 0.4) is 0 Å². The number of alkyl halides is 1. The van der Waals surface area contributed by atoms with E-state index in [4.69, 9.17) is 16.7 Å². The van der Waals surface area contributed by atoms with E-state index >= 15 is 0 Å². The number of anilines is 1. The molecule has 13 heavy (non-hydrogen) atoms. The third-order valence-electron chi connectivity index (χ3n) is 1.65. The van der Waals surface area contributed by atoms with Crippen LogP contribution >= 0.6 is 11.6 Å². The highest BCUT2D eigenvalue weighted by Gasteiger charge is 2.04. The summed E-state index contributed by atoms with van der Waals surface area (Å²) in [5.41, 5.74) is 2.34. The van der Waals surface area contributed by atoms with E-state index in [0.29, 0.717) is 11.6 Å². The van der Waals surface area contributed by atoms with Crippen LogP contribution in [0.2, 0.25) is 0 Å². The molecule has 0 aromatic heterocycles. The Morgan fingerprint density at radius 1 is 1.62 bits per heavy atom. The first-order chi connectivity index (χ1) is 6.13. The molecule has 70 valence electrons. The summed E-state index contributed by atoms with van der Waals surface area (Å²) in [6.45, 7) is 1.89. The van der Waals surface area contributed by atoms with Crippen molar-refractivity contribution in [2.45, 2.75) is 12.8 Å². The summed E-state index contributed by atoms with van der Waals surface area (Å²) in [6, 6.07) is 5.46. The highest BCUT2D eigenvalue weighted by molar-refractivity contribution is 6.17. The van der Waals surface area contributed by atoms with Crippen LogP contribution in [0.15, 0.2) is 18.2 Å². The van der Waals surface area contributed by atoms with Gasteiger partial charge >= 0.3 is 6.09 Å². The fourth-order valence-electron chi connectivity index (χ4n) is 1.04. The highest BCUT2D eigenvalue weighted by atomic mass is 35.5.